The SMILES string of the molecule is CN(C)c1ccc(/C=N/NC(=O)CSc2nnc(-c3ccncc3)n2-c2ccc(Cl)cc2)cc1. The van der Waals surface area contributed by atoms with Crippen molar-refractivity contribution in [3.05, 3.63) is 83.6 Å². The van der Waals surface area contributed by atoms with E-state index >= 15 is 0 Å². The smallest absolute Gasteiger partial charge is 0.250 e. The monoisotopic (exact) mass is 491 g/mol. The zero-order valence-corrected chi connectivity index (χ0v) is 20.2. The fourth-order valence-corrected chi connectivity index (χ4v) is 3.94. The van der Waals surface area contributed by atoms with E-state index < -0.39 is 0 Å². The average molecular weight is 492 g/mol. The molecule has 10 heteroatoms. The highest BCUT2D eigenvalue weighted by Crippen LogP contribution is 2.28. The normalized spacial score (nSPS) is 11.0. The molecule has 0 aliphatic carbocycles. The molecule has 0 unspecified atom stereocenters. The Morgan fingerprint density at radius 3 is 2.44 bits per heavy atom. The van der Waals surface area contributed by atoms with Gasteiger partial charge in [0.2, 0.25) is 0 Å². The van der Waals surface area contributed by atoms with Crippen molar-refractivity contribution >= 4 is 41.2 Å². The van der Waals surface area contributed by atoms with Crippen molar-refractivity contribution in [2.45, 2.75) is 5.16 Å². The number of pyridine rings is 1. The number of thioether (sulfide) groups is 1. The molecular formula is C24H22ClN7OS. The largest absolute Gasteiger partial charge is 0.378 e. The van der Waals surface area contributed by atoms with E-state index in [1.54, 1.807) is 30.7 Å². The lowest BCUT2D eigenvalue weighted by atomic mass is 10.2. The minimum Gasteiger partial charge on any atom is -0.378 e. The van der Waals surface area contributed by atoms with E-state index in [1.807, 2.05) is 72.1 Å². The molecule has 2 aromatic carbocycles. The van der Waals surface area contributed by atoms with Gasteiger partial charge >= 0.3 is 0 Å². The van der Waals surface area contributed by atoms with Crippen molar-refractivity contribution in [1.29, 1.82) is 0 Å². The third kappa shape index (κ3) is 5.81. The Labute approximate surface area is 206 Å². The Kier molecular flexibility index (Phi) is 7.56. The van der Waals surface area contributed by atoms with Crippen LogP contribution in [0.2, 0.25) is 5.02 Å². The van der Waals surface area contributed by atoms with Crippen molar-refractivity contribution in [3.63, 3.8) is 0 Å². The Bertz CT molecular complexity index is 1270. The number of aromatic nitrogens is 4. The lowest BCUT2D eigenvalue weighted by Crippen LogP contribution is -2.20. The highest BCUT2D eigenvalue weighted by Gasteiger charge is 2.17. The van der Waals surface area contributed by atoms with E-state index in [0.29, 0.717) is 16.0 Å². The molecule has 0 aliphatic heterocycles. The van der Waals surface area contributed by atoms with Gasteiger partial charge in [-0.1, -0.05) is 35.5 Å². The Morgan fingerprint density at radius 1 is 1.06 bits per heavy atom. The number of benzene rings is 2. The number of carbonyl (C=O) groups excluding carboxylic acids is 1. The summed E-state index contributed by atoms with van der Waals surface area (Å²) in [6.07, 6.45) is 5.00. The number of carbonyl (C=O) groups is 1. The van der Waals surface area contributed by atoms with Crippen LogP contribution >= 0.6 is 23.4 Å². The maximum Gasteiger partial charge on any atom is 0.250 e. The van der Waals surface area contributed by atoms with E-state index in [1.165, 1.54) is 11.8 Å². The van der Waals surface area contributed by atoms with Crippen LogP contribution in [0.25, 0.3) is 17.1 Å². The summed E-state index contributed by atoms with van der Waals surface area (Å²) >= 11 is 7.33. The first-order valence-corrected chi connectivity index (χ1v) is 11.7. The summed E-state index contributed by atoms with van der Waals surface area (Å²) < 4.78 is 1.89. The molecule has 0 aliphatic rings. The lowest BCUT2D eigenvalue weighted by molar-refractivity contribution is -0.118. The van der Waals surface area contributed by atoms with Crippen LogP contribution < -0.4 is 10.3 Å². The maximum atomic E-state index is 12.4. The highest BCUT2D eigenvalue weighted by atomic mass is 35.5. The number of rotatable bonds is 8. The van der Waals surface area contributed by atoms with Gasteiger partial charge < -0.3 is 4.90 Å². The van der Waals surface area contributed by atoms with Crippen LogP contribution in [-0.2, 0) is 4.79 Å². The first-order valence-electron chi connectivity index (χ1n) is 10.3. The number of nitrogens with one attached hydrogen (secondary N) is 1. The molecule has 2 aromatic heterocycles. The molecule has 1 amide bonds. The molecule has 8 nitrogen and oxygen atoms in total. The summed E-state index contributed by atoms with van der Waals surface area (Å²) in [5.41, 5.74) is 6.24. The first-order chi connectivity index (χ1) is 16.5. The van der Waals surface area contributed by atoms with Gasteiger partial charge in [0.1, 0.15) is 0 Å². The quantitative estimate of drug-likeness (QED) is 0.225. The molecule has 0 radical (unpaired) electrons. The van der Waals surface area contributed by atoms with Crippen LogP contribution in [0.3, 0.4) is 0 Å². The van der Waals surface area contributed by atoms with Crippen LogP contribution in [-0.4, -0.2) is 51.7 Å². The summed E-state index contributed by atoms with van der Waals surface area (Å²) in [6, 6.07) is 18.9. The second-order valence-electron chi connectivity index (χ2n) is 7.42. The van der Waals surface area contributed by atoms with Gasteiger partial charge in [0.25, 0.3) is 5.91 Å². The number of anilines is 1. The zero-order chi connectivity index (χ0) is 23.9. The summed E-state index contributed by atoms with van der Waals surface area (Å²) in [5.74, 6) is 0.521. The van der Waals surface area contributed by atoms with Crippen molar-refractivity contribution in [1.82, 2.24) is 25.2 Å². The highest BCUT2D eigenvalue weighted by molar-refractivity contribution is 7.99. The molecule has 0 saturated heterocycles. The first kappa shape index (κ1) is 23.5. The van der Waals surface area contributed by atoms with Crippen molar-refractivity contribution < 1.29 is 4.79 Å². The van der Waals surface area contributed by atoms with Crippen molar-refractivity contribution in [2.75, 3.05) is 24.7 Å². The molecule has 4 aromatic rings. The number of hydrogen-bond acceptors (Lipinski definition) is 7. The van der Waals surface area contributed by atoms with E-state index in [9.17, 15) is 4.79 Å². The topological polar surface area (TPSA) is 88.3 Å². The minimum absolute atomic E-state index is 0.124. The van der Waals surface area contributed by atoms with Crippen molar-refractivity contribution in [3.8, 4) is 17.1 Å². The summed E-state index contributed by atoms with van der Waals surface area (Å²) in [6.45, 7) is 0. The van der Waals surface area contributed by atoms with Gasteiger partial charge in [-0.2, -0.15) is 5.10 Å². The molecule has 0 fully saturated rings. The maximum absolute atomic E-state index is 12.4. The molecule has 34 heavy (non-hydrogen) atoms. The van der Waals surface area contributed by atoms with Gasteiger partial charge in [-0.25, -0.2) is 5.43 Å². The fraction of sp³-hybridized carbons (Fsp3) is 0.125. The minimum atomic E-state index is -0.248. The van der Waals surface area contributed by atoms with E-state index in [4.69, 9.17) is 11.6 Å². The van der Waals surface area contributed by atoms with E-state index in [-0.39, 0.29) is 11.7 Å². The molecule has 0 spiro atoms. The number of amides is 1. The van der Waals surface area contributed by atoms with E-state index in [2.05, 4.69) is 25.7 Å². The second-order valence-corrected chi connectivity index (χ2v) is 8.80. The van der Waals surface area contributed by atoms with Gasteiger partial charge in [0.15, 0.2) is 11.0 Å². The predicted molar refractivity (Wildman–Crippen MR) is 137 cm³/mol. The standard InChI is InChI=1S/C24H22ClN7OS/c1-31(2)20-7-3-17(4-8-20)15-27-28-22(33)16-34-24-30-29-23(18-11-13-26-14-12-18)32(24)21-9-5-19(25)6-10-21/h3-15H,16H2,1-2H3,(H,28,33)/b27-15+. The molecule has 1 N–H and O–H groups in total. The van der Waals surface area contributed by atoms with Crippen LogP contribution in [0.4, 0.5) is 5.69 Å². The van der Waals surface area contributed by atoms with Crippen LogP contribution in [0.1, 0.15) is 5.56 Å². The molecule has 172 valence electrons. The Morgan fingerprint density at radius 2 is 1.76 bits per heavy atom. The number of hydrazone groups is 1. The number of hydrogen-bond donors (Lipinski definition) is 1. The molecule has 4 rings (SSSR count). The molecule has 0 atom stereocenters. The van der Waals surface area contributed by atoms with Crippen LogP contribution in [0, 0.1) is 0 Å². The second kappa shape index (κ2) is 11.0. The van der Waals surface area contributed by atoms with Gasteiger partial charge in [0.05, 0.1) is 12.0 Å². The van der Waals surface area contributed by atoms with Gasteiger partial charge in [-0.05, 0) is 54.1 Å². The van der Waals surface area contributed by atoms with Crippen LogP contribution in [0.5, 0.6) is 0 Å². The Hall–Kier alpha value is -3.69. The molecule has 2 heterocycles. The molecule has 0 bridgehead atoms. The summed E-state index contributed by atoms with van der Waals surface area (Å²) in [7, 11) is 3.96. The predicted octanol–water partition coefficient (Wildman–Crippen LogP) is 4.29. The Balaban J connectivity index is 1.45. The van der Waals surface area contributed by atoms with Gasteiger partial charge in [-0.15, -0.1) is 10.2 Å². The summed E-state index contributed by atoms with van der Waals surface area (Å²) in [4.78, 5) is 18.5. The van der Waals surface area contributed by atoms with Gasteiger partial charge in [0, 0.05) is 48.4 Å². The van der Waals surface area contributed by atoms with Crippen molar-refractivity contribution in [2.24, 2.45) is 5.10 Å². The third-order valence-electron chi connectivity index (χ3n) is 4.80. The fourth-order valence-electron chi connectivity index (χ4n) is 3.07. The lowest BCUT2D eigenvalue weighted by Gasteiger charge is -2.11. The average Bonchev–Trinajstić information content (AvgIpc) is 3.28. The van der Waals surface area contributed by atoms with Gasteiger partial charge in [-0.3, -0.25) is 14.3 Å². The molecular weight excluding hydrogens is 470 g/mol. The molecule has 0 saturated carbocycles. The van der Waals surface area contributed by atoms with E-state index in [0.717, 1.165) is 22.5 Å². The summed E-state index contributed by atoms with van der Waals surface area (Å²) in [5, 5.41) is 13.9. The third-order valence-corrected chi connectivity index (χ3v) is 5.98. The van der Waals surface area contributed by atoms with Crippen LogP contribution in [0.15, 0.2) is 83.3 Å². The number of nitrogens with zero attached hydrogens (tertiary/aromatic N) is 6. The zero-order valence-electron chi connectivity index (χ0n) is 18.6. The number of halogens is 1.